The van der Waals surface area contributed by atoms with E-state index in [0.717, 1.165) is 5.56 Å². The normalized spacial score (nSPS) is 17.6. The highest BCUT2D eigenvalue weighted by atomic mass is 32.1. The molecule has 0 saturated carbocycles. The van der Waals surface area contributed by atoms with Gasteiger partial charge in [0.15, 0.2) is 0 Å². The lowest BCUT2D eigenvalue weighted by Gasteiger charge is -2.31. The van der Waals surface area contributed by atoms with Crippen molar-refractivity contribution < 1.29 is 35.6 Å². The van der Waals surface area contributed by atoms with Crippen molar-refractivity contribution in [1.29, 1.82) is 0 Å². The Bertz CT molecular complexity index is 1080. The monoisotopic (exact) mass is 475 g/mol. The largest absolute Gasteiger partial charge is 0.420 e. The number of halogens is 6. The maximum Gasteiger partial charge on any atom is 0.416 e. The minimum Gasteiger partial charge on any atom is -0.420 e. The van der Waals surface area contributed by atoms with E-state index in [4.69, 9.17) is 4.42 Å². The summed E-state index contributed by atoms with van der Waals surface area (Å²) in [6, 6.07) is 2.69. The lowest BCUT2D eigenvalue weighted by molar-refractivity contribution is -0.143. The van der Waals surface area contributed by atoms with Gasteiger partial charge in [0.25, 0.3) is 5.91 Å². The first kappa shape index (κ1) is 22.3. The molecule has 1 aliphatic heterocycles. The second-order valence-corrected chi connectivity index (χ2v) is 8.12. The Kier molecular flexibility index (Phi) is 5.74. The highest BCUT2D eigenvalue weighted by molar-refractivity contribution is 7.08. The summed E-state index contributed by atoms with van der Waals surface area (Å²) in [6.45, 7) is 0.236. The van der Waals surface area contributed by atoms with Gasteiger partial charge in [0.2, 0.25) is 11.8 Å². The maximum atomic E-state index is 13.1. The van der Waals surface area contributed by atoms with E-state index in [1.165, 1.54) is 16.2 Å². The molecule has 0 N–H and O–H groups in total. The number of rotatable bonds is 3. The summed E-state index contributed by atoms with van der Waals surface area (Å²) in [7, 11) is 0. The molecule has 12 heteroatoms. The Labute approximate surface area is 181 Å². The Hall–Kier alpha value is -2.89. The van der Waals surface area contributed by atoms with Gasteiger partial charge in [-0.15, -0.1) is 10.2 Å². The zero-order valence-corrected chi connectivity index (χ0v) is 17.0. The van der Waals surface area contributed by atoms with Crippen molar-refractivity contribution >= 4 is 17.2 Å². The summed E-state index contributed by atoms with van der Waals surface area (Å²) < 4.78 is 84.4. The van der Waals surface area contributed by atoms with E-state index in [0.29, 0.717) is 30.9 Å². The molecule has 3 heterocycles. The van der Waals surface area contributed by atoms with Crippen molar-refractivity contribution in [2.45, 2.75) is 31.1 Å². The van der Waals surface area contributed by atoms with Crippen molar-refractivity contribution in [3.8, 4) is 11.5 Å². The molecule has 2 aromatic heterocycles. The Balaban J connectivity index is 1.58. The number of piperidine rings is 1. The molecule has 3 aromatic rings. The van der Waals surface area contributed by atoms with Crippen molar-refractivity contribution in [3.05, 3.63) is 57.6 Å². The summed E-state index contributed by atoms with van der Waals surface area (Å²) in [5.41, 5.74) is -2.98. The van der Waals surface area contributed by atoms with Gasteiger partial charge in [-0.3, -0.25) is 4.79 Å². The number of amides is 1. The average molecular weight is 475 g/mol. The van der Waals surface area contributed by atoms with Gasteiger partial charge in [-0.05, 0) is 42.5 Å². The molecule has 1 atom stereocenters. The van der Waals surface area contributed by atoms with Crippen molar-refractivity contribution in [1.82, 2.24) is 15.1 Å². The number of aromatic nitrogens is 2. The predicted molar refractivity (Wildman–Crippen MR) is 102 cm³/mol. The molecule has 1 amide bonds. The van der Waals surface area contributed by atoms with E-state index >= 15 is 0 Å². The van der Waals surface area contributed by atoms with Crippen molar-refractivity contribution in [3.63, 3.8) is 0 Å². The minimum absolute atomic E-state index is 0.000192. The fourth-order valence-electron chi connectivity index (χ4n) is 3.53. The molecule has 1 aliphatic rings. The first-order valence-electron chi connectivity index (χ1n) is 9.47. The highest BCUT2D eigenvalue weighted by Crippen LogP contribution is 2.37. The van der Waals surface area contributed by atoms with Crippen LogP contribution in [0.3, 0.4) is 0 Å². The number of carbonyl (C=O) groups is 1. The van der Waals surface area contributed by atoms with Crippen LogP contribution in [0.2, 0.25) is 0 Å². The summed E-state index contributed by atoms with van der Waals surface area (Å²) in [5, 5.41) is 11.6. The summed E-state index contributed by atoms with van der Waals surface area (Å²) in [4.78, 5) is 14.1. The third kappa shape index (κ3) is 4.64. The van der Waals surface area contributed by atoms with Gasteiger partial charge in [-0.25, -0.2) is 0 Å². The zero-order chi connectivity index (χ0) is 23.1. The van der Waals surface area contributed by atoms with Crippen LogP contribution < -0.4 is 0 Å². The van der Waals surface area contributed by atoms with Crippen LogP contribution in [-0.2, 0) is 12.4 Å². The fourth-order valence-corrected chi connectivity index (χ4v) is 4.16. The molecule has 32 heavy (non-hydrogen) atoms. The van der Waals surface area contributed by atoms with Crippen molar-refractivity contribution in [2.24, 2.45) is 0 Å². The number of nitrogens with zero attached hydrogens (tertiary/aromatic N) is 3. The third-order valence-corrected chi connectivity index (χ3v) is 5.78. The third-order valence-electron chi connectivity index (χ3n) is 5.10. The number of carbonyl (C=O) groups excluding carboxylic acids is 1. The average Bonchev–Trinajstić information content (AvgIpc) is 3.43. The van der Waals surface area contributed by atoms with Gasteiger partial charge < -0.3 is 9.32 Å². The van der Waals surface area contributed by atoms with Crippen LogP contribution >= 0.6 is 11.3 Å². The number of thiophene rings is 1. The van der Waals surface area contributed by atoms with Crippen LogP contribution in [0.1, 0.15) is 46.1 Å². The van der Waals surface area contributed by atoms with E-state index in [9.17, 15) is 31.1 Å². The van der Waals surface area contributed by atoms with Crippen LogP contribution in [0.15, 0.2) is 39.4 Å². The van der Waals surface area contributed by atoms with Crippen LogP contribution in [0.25, 0.3) is 11.5 Å². The lowest BCUT2D eigenvalue weighted by atomic mass is 9.96. The zero-order valence-electron chi connectivity index (χ0n) is 16.2. The molecule has 4 rings (SSSR count). The standard InChI is InChI=1S/C20H15F6N3O2S/c21-19(22,23)14-6-13(7-15(8-14)20(24,25)26)18(30)29-4-1-2-11(9-29)16-27-28-17(31-16)12-3-5-32-10-12/h3,5-8,10-11H,1-2,4,9H2. The SMILES string of the molecule is O=C(c1cc(C(F)(F)F)cc(C(F)(F)F)c1)N1CCCC(c2nnc(-c3ccsc3)o2)C1. The summed E-state index contributed by atoms with van der Waals surface area (Å²) in [6.07, 6.45) is -8.98. The maximum absolute atomic E-state index is 13.1. The lowest BCUT2D eigenvalue weighted by Crippen LogP contribution is -2.39. The first-order valence-corrected chi connectivity index (χ1v) is 10.4. The van der Waals surface area contributed by atoms with Gasteiger partial charge >= 0.3 is 12.4 Å². The molecular weight excluding hydrogens is 460 g/mol. The van der Waals surface area contributed by atoms with E-state index in [-0.39, 0.29) is 31.0 Å². The molecule has 1 aromatic carbocycles. The van der Waals surface area contributed by atoms with Crippen LogP contribution in [0.5, 0.6) is 0 Å². The fraction of sp³-hybridized carbons (Fsp3) is 0.350. The van der Waals surface area contributed by atoms with Gasteiger partial charge in [0, 0.05) is 29.6 Å². The topological polar surface area (TPSA) is 59.2 Å². The molecule has 1 saturated heterocycles. The second-order valence-electron chi connectivity index (χ2n) is 7.34. The first-order chi connectivity index (χ1) is 15.0. The van der Waals surface area contributed by atoms with E-state index in [1.54, 1.807) is 6.07 Å². The van der Waals surface area contributed by atoms with E-state index in [2.05, 4.69) is 10.2 Å². The van der Waals surface area contributed by atoms with Crippen LogP contribution in [-0.4, -0.2) is 34.1 Å². The Morgan fingerprint density at radius 2 is 1.75 bits per heavy atom. The molecule has 0 spiro atoms. The molecule has 5 nitrogen and oxygen atoms in total. The van der Waals surface area contributed by atoms with E-state index < -0.39 is 35.0 Å². The molecule has 0 bridgehead atoms. The molecule has 1 unspecified atom stereocenters. The number of benzene rings is 1. The summed E-state index contributed by atoms with van der Waals surface area (Å²) >= 11 is 1.45. The predicted octanol–water partition coefficient (Wildman–Crippen LogP) is 5.86. The van der Waals surface area contributed by atoms with Gasteiger partial charge in [-0.1, -0.05) is 0 Å². The molecular formula is C20H15F6N3O2S. The Morgan fingerprint density at radius 1 is 1.06 bits per heavy atom. The van der Waals surface area contributed by atoms with Crippen LogP contribution in [0, 0.1) is 0 Å². The molecule has 0 radical (unpaired) electrons. The highest BCUT2D eigenvalue weighted by Gasteiger charge is 2.38. The minimum atomic E-state index is -5.03. The van der Waals surface area contributed by atoms with Gasteiger partial charge in [0.1, 0.15) is 0 Å². The van der Waals surface area contributed by atoms with Crippen molar-refractivity contribution in [2.75, 3.05) is 13.1 Å². The number of likely N-dealkylation sites (tertiary alicyclic amines) is 1. The smallest absolute Gasteiger partial charge is 0.416 e. The van der Waals surface area contributed by atoms with E-state index in [1.807, 2.05) is 10.8 Å². The van der Waals surface area contributed by atoms with Crippen LogP contribution in [0.4, 0.5) is 26.3 Å². The Morgan fingerprint density at radius 3 is 2.34 bits per heavy atom. The molecule has 170 valence electrons. The number of hydrogen-bond donors (Lipinski definition) is 0. The number of alkyl halides is 6. The number of hydrogen-bond acceptors (Lipinski definition) is 5. The summed E-state index contributed by atoms with van der Waals surface area (Å²) in [5.74, 6) is -0.717. The molecule has 1 fully saturated rings. The quantitative estimate of drug-likeness (QED) is 0.446. The van der Waals surface area contributed by atoms with Gasteiger partial charge in [0.05, 0.1) is 17.0 Å². The molecule has 0 aliphatic carbocycles. The van der Waals surface area contributed by atoms with Gasteiger partial charge in [-0.2, -0.15) is 37.7 Å². The second kappa shape index (κ2) is 8.23.